The fourth-order valence-electron chi connectivity index (χ4n) is 1.48. The van der Waals surface area contributed by atoms with Gasteiger partial charge in [-0.1, -0.05) is 0 Å². The Kier molecular flexibility index (Phi) is 6.27. The van der Waals surface area contributed by atoms with Crippen molar-refractivity contribution < 1.29 is 37.8 Å². The summed E-state index contributed by atoms with van der Waals surface area (Å²) in [6.07, 6.45) is -0.703. The van der Waals surface area contributed by atoms with E-state index in [-0.39, 0.29) is 5.91 Å². The first kappa shape index (κ1) is 18.9. The molecule has 24 heavy (non-hydrogen) atoms. The van der Waals surface area contributed by atoms with Crippen LogP contribution in [-0.4, -0.2) is 45.8 Å². The van der Waals surface area contributed by atoms with Gasteiger partial charge >= 0.3 is 18.1 Å². The molecule has 0 saturated heterocycles. The molecule has 1 aliphatic heterocycles. The van der Waals surface area contributed by atoms with E-state index in [0.29, 0.717) is 30.0 Å². The average Bonchev–Trinajstić information content (AvgIpc) is 2.64. The lowest BCUT2D eigenvalue weighted by molar-refractivity contribution is -0.192. The predicted octanol–water partition coefficient (Wildman–Crippen LogP) is 1.57. The molecule has 8 nitrogen and oxygen atoms in total. The number of rotatable bonds is 2. The summed E-state index contributed by atoms with van der Waals surface area (Å²) in [5, 5.41) is 21.4. The molecule has 0 unspecified atom stereocenters. The maximum atomic E-state index is 11.3. The maximum absolute atomic E-state index is 11.3. The Morgan fingerprint density at radius 1 is 1.29 bits per heavy atom. The quantitative estimate of drug-likeness (QED) is 0.598. The van der Waals surface area contributed by atoms with E-state index in [2.05, 4.69) is 15.6 Å². The summed E-state index contributed by atoms with van der Waals surface area (Å²) in [7, 11) is 0. The van der Waals surface area contributed by atoms with E-state index in [9.17, 15) is 22.8 Å². The topological polar surface area (TPSA) is 129 Å². The van der Waals surface area contributed by atoms with Gasteiger partial charge in [0.25, 0.3) is 0 Å². The molecule has 2 rings (SSSR count). The number of fused-ring (bicyclic) bond motifs is 1. The SMILES string of the molecule is O=C(O)/C=C/c1cnc2c(c1)NCCC(=O)N2.O=C(O)C(F)(F)F. The Morgan fingerprint density at radius 3 is 2.46 bits per heavy atom. The Balaban J connectivity index is 0.000000351. The number of nitrogens with zero attached hydrogens (tertiary/aromatic N) is 1. The number of amides is 1. The summed E-state index contributed by atoms with van der Waals surface area (Å²) in [5.41, 5.74) is 1.36. The van der Waals surface area contributed by atoms with Crippen LogP contribution in [0.2, 0.25) is 0 Å². The summed E-state index contributed by atoms with van der Waals surface area (Å²) >= 11 is 0. The van der Waals surface area contributed by atoms with Gasteiger partial charge < -0.3 is 20.8 Å². The number of nitrogens with one attached hydrogen (secondary N) is 2. The third-order valence-electron chi connectivity index (χ3n) is 2.50. The minimum Gasteiger partial charge on any atom is -0.478 e. The number of hydrogen-bond donors (Lipinski definition) is 4. The molecule has 11 heteroatoms. The fourth-order valence-corrected chi connectivity index (χ4v) is 1.48. The summed E-state index contributed by atoms with van der Waals surface area (Å²) in [6, 6.07) is 1.74. The second-order valence-electron chi connectivity index (χ2n) is 4.36. The molecule has 0 radical (unpaired) electrons. The molecule has 1 aromatic rings. The lowest BCUT2D eigenvalue weighted by atomic mass is 10.2. The molecule has 0 spiro atoms. The standard InChI is InChI=1S/C11H11N3O3.C2HF3O2/c15-9-3-4-12-8-5-7(1-2-10(16)17)6-13-11(8)14-9;3-2(4,5)1(6)7/h1-2,5-6,12H,3-4H2,(H,16,17)(H,13,14,15);(H,6,7)/b2-1+;. The summed E-state index contributed by atoms with van der Waals surface area (Å²) in [5.74, 6) is -3.38. The molecule has 0 bridgehead atoms. The Labute approximate surface area is 133 Å². The van der Waals surface area contributed by atoms with Crippen molar-refractivity contribution in [1.82, 2.24) is 4.98 Å². The van der Waals surface area contributed by atoms with Crippen molar-refractivity contribution in [3.8, 4) is 0 Å². The second kappa shape index (κ2) is 7.94. The van der Waals surface area contributed by atoms with Crippen LogP contribution in [0, 0.1) is 0 Å². The van der Waals surface area contributed by atoms with Gasteiger partial charge in [0.1, 0.15) is 0 Å². The molecule has 1 aliphatic rings. The van der Waals surface area contributed by atoms with Crippen LogP contribution >= 0.6 is 0 Å². The molecule has 0 aromatic carbocycles. The molecular formula is C13H12F3N3O5. The first-order valence-electron chi connectivity index (χ1n) is 6.34. The number of hydrogen-bond acceptors (Lipinski definition) is 5. The van der Waals surface area contributed by atoms with E-state index in [0.717, 1.165) is 6.08 Å². The van der Waals surface area contributed by atoms with Crippen molar-refractivity contribution in [3.63, 3.8) is 0 Å². The minimum absolute atomic E-state index is 0.0856. The zero-order valence-corrected chi connectivity index (χ0v) is 11.9. The summed E-state index contributed by atoms with van der Waals surface area (Å²) in [4.78, 5) is 34.6. The van der Waals surface area contributed by atoms with Crippen LogP contribution in [0.1, 0.15) is 12.0 Å². The van der Waals surface area contributed by atoms with Gasteiger partial charge in [0.05, 0.1) is 5.69 Å². The van der Waals surface area contributed by atoms with Gasteiger partial charge in [0.2, 0.25) is 5.91 Å². The van der Waals surface area contributed by atoms with Gasteiger partial charge in [-0.25, -0.2) is 14.6 Å². The van der Waals surface area contributed by atoms with Crippen molar-refractivity contribution in [2.75, 3.05) is 17.2 Å². The van der Waals surface area contributed by atoms with Crippen LogP contribution in [0.25, 0.3) is 6.08 Å². The minimum atomic E-state index is -5.08. The number of carboxylic acids is 2. The molecular weight excluding hydrogens is 335 g/mol. The third kappa shape index (κ3) is 6.34. The van der Waals surface area contributed by atoms with Crippen molar-refractivity contribution in [2.24, 2.45) is 0 Å². The van der Waals surface area contributed by atoms with Gasteiger partial charge in [-0.2, -0.15) is 13.2 Å². The second-order valence-corrected chi connectivity index (χ2v) is 4.36. The van der Waals surface area contributed by atoms with Crippen LogP contribution < -0.4 is 10.6 Å². The van der Waals surface area contributed by atoms with Gasteiger partial charge in [-0.3, -0.25) is 4.79 Å². The molecule has 4 N–H and O–H groups in total. The normalized spacial score (nSPS) is 13.7. The number of anilines is 2. The summed E-state index contributed by atoms with van der Waals surface area (Å²) in [6.45, 7) is 0.534. The Morgan fingerprint density at radius 2 is 1.92 bits per heavy atom. The lowest BCUT2D eigenvalue weighted by Gasteiger charge is -2.06. The Bertz CT molecular complexity index is 673. The van der Waals surface area contributed by atoms with E-state index in [1.54, 1.807) is 6.07 Å². The molecule has 0 atom stereocenters. The highest BCUT2D eigenvalue weighted by Crippen LogP contribution is 2.23. The number of carbonyl (C=O) groups is 3. The van der Waals surface area contributed by atoms with E-state index >= 15 is 0 Å². The number of aliphatic carboxylic acids is 2. The average molecular weight is 347 g/mol. The number of aromatic nitrogens is 1. The van der Waals surface area contributed by atoms with Crippen LogP contribution in [0.15, 0.2) is 18.3 Å². The Hall–Kier alpha value is -3.11. The van der Waals surface area contributed by atoms with Crippen molar-refractivity contribution >= 4 is 35.4 Å². The number of carboxylic acid groups (broad SMARTS) is 2. The maximum Gasteiger partial charge on any atom is 0.490 e. The van der Waals surface area contributed by atoms with Crippen LogP contribution in [-0.2, 0) is 14.4 Å². The smallest absolute Gasteiger partial charge is 0.478 e. The van der Waals surface area contributed by atoms with E-state index < -0.39 is 18.1 Å². The van der Waals surface area contributed by atoms with E-state index in [1.807, 2.05) is 0 Å². The van der Waals surface area contributed by atoms with Crippen LogP contribution in [0.4, 0.5) is 24.7 Å². The number of halogens is 3. The highest BCUT2D eigenvalue weighted by Gasteiger charge is 2.38. The van der Waals surface area contributed by atoms with Gasteiger partial charge in [0, 0.05) is 25.2 Å². The van der Waals surface area contributed by atoms with E-state index in [1.165, 1.54) is 12.3 Å². The molecule has 130 valence electrons. The zero-order chi connectivity index (χ0) is 18.3. The van der Waals surface area contributed by atoms with Crippen molar-refractivity contribution in [3.05, 3.63) is 23.9 Å². The first-order chi connectivity index (χ1) is 11.1. The van der Waals surface area contributed by atoms with Gasteiger partial charge in [-0.15, -0.1) is 0 Å². The monoisotopic (exact) mass is 347 g/mol. The van der Waals surface area contributed by atoms with Gasteiger partial charge in [0.15, 0.2) is 5.82 Å². The molecule has 0 aliphatic carbocycles. The molecule has 2 heterocycles. The molecule has 1 amide bonds. The van der Waals surface area contributed by atoms with E-state index in [4.69, 9.17) is 15.0 Å². The van der Waals surface area contributed by atoms with Gasteiger partial charge in [-0.05, 0) is 17.7 Å². The van der Waals surface area contributed by atoms with Crippen molar-refractivity contribution in [2.45, 2.75) is 12.6 Å². The largest absolute Gasteiger partial charge is 0.490 e. The molecule has 1 aromatic heterocycles. The van der Waals surface area contributed by atoms with Crippen LogP contribution in [0.5, 0.6) is 0 Å². The number of carbonyl (C=O) groups excluding carboxylic acids is 1. The number of alkyl halides is 3. The summed E-state index contributed by atoms with van der Waals surface area (Å²) < 4.78 is 31.7. The fraction of sp³-hybridized carbons (Fsp3) is 0.231. The zero-order valence-electron chi connectivity index (χ0n) is 11.9. The van der Waals surface area contributed by atoms with Crippen molar-refractivity contribution in [1.29, 1.82) is 0 Å². The molecule has 0 saturated carbocycles. The number of pyridine rings is 1. The highest BCUT2D eigenvalue weighted by atomic mass is 19.4. The van der Waals surface area contributed by atoms with Crippen LogP contribution in [0.3, 0.4) is 0 Å². The lowest BCUT2D eigenvalue weighted by Crippen LogP contribution is -2.21. The molecule has 0 fully saturated rings. The predicted molar refractivity (Wildman–Crippen MR) is 76.3 cm³/mol. The first-order valence-corrected chi connectivity index (χ1v) is 6.34. The third-order valence-corrected chi connectivity index (χ3v) is 2.50. The highest BCUT2D eigenvalue weighted by molar-refractivity contribution is 5.95.